The average Bonchev–Trinajstić information content (AvgIpc) is 2.01. The molecule has 14 heavy (non-hydrogen) atoms. The largest absolute Gasteiger partial charge is 0.377 e. The first-order valence-electron chi connectivity index (χ1n) is 3.82. The van der Waals surface area contributed by atoms with Crippen LogP contribution in [0.2, 0.25) is 0 Å². The summed E-state index contributed by atoms with van der Waals surface area (Å²) in [4.78, 5) is 1.98. The Morgan fingerprint density at radius 2 is 1.93 bits per heavy atom. The number of rotatable bonds is 2. The molecule has 0 aliphatic heterocycles. The van der Waals surface area contributed by atoms with Crippen molar-refractivity contribution < 1.29 is 8.42 Å². The fourth-order valence-electron chi connectivity index (χ4n) is 1.03. The minimum absolute atomic E-state index is 0.106. The first kappa shape index (κ1) is 11.5. The molecule has 1 aromatic carbocycles. The van der Waals surface area contributed by atoms with Crippen molar-refractivity contribution in [1.82, 2.24) is 0 Å². The molecule has 4 nitrogen and oxygen atoms in total. The van der Waals surface area contributed by atoms with Gasteiger partial charge in [-0.15, -0.1) is 0 Å². The van der Waals surface area contributed by atoms with Crippen molar-refractivity contribution in [2.45, 2.75) is 4.90 Å². The van der Waals surface area contributed by atoms with E-state index >= 15 is 0 Å². The van der Waals surface area contributed by atoms with E-state index in [1.165, 1.54) is 12.1 Å². The van der Waals surface area contributed by atoms with Gasteiger partial charge in [-0.25, -0.2) is 13.6 Å². The van der Waals surface area contributed by atoms with Crippen LogP contribution in [0.3, 0.4) is 0 Å². The molecule has 2 N–H and O–H groups in total. The van der Waals surface area contributed by atoms with E-state index in [0.717, 1.165) is 5.69 Å². The molecule has 0 aliphatic rings. The van der Waals surface area contributed by atoms with E-state index in [0.29, 0.717) is 4.47 Å². The highest BCUT2D eigenvalue weighted by atomic mass is 79.9. The quantitative estimate of drug-likeness (QED) is 0.883. The summed E-state index contributed by atoms with van der Waals surface area (Å²) >= 11 is 3.28. The second-order valence-corrected chi connectivity index (χ2v) is 5.47. The summed E-state index contributed by atoms with van der Waals surface area (Å²) in [5, 5.41) is 4.99. The number of nitrogens with two attached hydrogens (primary N) is 1. The number of benzene rings is 1. The van der Waals surface area contributed by atoms with Crippen molar-refractivity contribution in [3.63, 3.8) is 0 Å². The number of nitrogens with zero attached hydrogens (tertiary/aromatic N) is 1. The molecule has 0 bridgehead atoms. The van der Waals surface area contributed by atoms with Gasteiger partial charge in [-0.05, 0) is 34.1 Å². The highest BCUT2D eigenvalue weighted by Gasteiger charge is 2.10. The smallest absolute Gasteiger partial charge is 0.238 e. The standard InChI is InChI=1S/C8H11BrN2O2S/c1-11(2)8-4-3-6(5-7(8)9)14(10,12)13/h3-5H,1-2H3,(H2,10,12,13). The number of hydrogen-bond acceptors (Lipinski definition) is 3. The van der Waals surface area contributed by atoms with Crippen LogP contribution in [0.5, 0.6) is 0 Å². The minimum atomic E-state index is -3.62. The van der Waals surface area contributed by atoms with Crippen LogP contribution in [-0.4, -0.2) is 22.5 Å². The van der Waals surface area contributed by atoms with Crippen LogP contribution in [0.1, 0.15) is 0 Å². The molecule has 0 amide bonds. The fourth-order valence-corrected chi connectivity index (χ4v) is 2.45. The van der Waals surface area contributed by atoms with Crippen molar-refractivity contribution in [3.05, 3.63) is 22.7 Å². The summed E-state index contributed by atoms with van der Waals surface area (Å²) < 4.78 is 22.7. The third-order valence-electron chi connectivity index (χ3n) is 1.73. The summed E-state index contributed by atoms with van der Waals surface area (Å²) in [6.07, 6.45) is 0. The molecule has 0 atom stereocenters. The average molecular weight is 279 g/mol. The van der Waals surface area contributed by atoms with Crippen LogP contribution >= 0.6 is 15.9 Å². The van der Waals surface area contributed by atoms with Crippen LogP contribution in [-0.2, 0) is 10.0 Å². The maximum absolute atomic E-state index is 11.0. The molecule has 1 aromatic rings. The van der Waals surface area contributed by atoms with Gasteiger partial charge in [0.1, 0.15) is 0 Å². The first-order chi connectivity index (χ1) is 6.32. The Balaban J connectivity index is 3.27. The van der Waals surface area contributed by atoms with Crippen molar-refractivity contribution in [2.75, 3.05) is 19.0 Å². The third-order valence-corrected chi connectivity index (χ3v) is 3.28. The highest BCUT2D eigenvalue weighted by molar-refractivity contribution is 9.10. The predicted molar refractivity (Wildman–Crippen MR) is 59.8 cm³/mol. The molecule has 0 spiro atoms. The van der Waals surface area contributed by atoms with Crippen molar-refractivity contribution in [1.29, 1.82) is 0 Å². The maximum Gasteiger partial charge on any atom is 0.238 e. The molecule has 0 aromatic heterocycles. The molecule has 0 radical (unpaired) electrons. The number of halogens is 1. The zero-order valence-electron chi connectivity index (χ0n) is 7.86. The van der Waals surface area contributed by atoms with E-state index in [1.54, 1.807) is 6.07 Å². The lowest BCUT2D eigenvalue weighted by atomic mass is 10.3. The van der Waals surface area contributed by atoms with Crippen LogP contribution in [0, 0.1) is 0 Å². The topological polar surface area (TPSA) is 63.4 Å². The van der Waals surface area contributed by atoms with Gasteiger partial charge >= 0.3 is 0 Å². The van der Waals surface area contributed by atoms with E-state index in [-0.39, 0.29) is 4.90 Å². The van der Waals surface area contributed by atoms with Gasteiger partial charge in [0.15, 0.2) is 0 Å². The lowest BCUT2D eigenvalue weighted by Crippen LogP contribution is -2.13. The zero-order valence-corrected chi connectivity index (χ0v) is 10.3. The second kappa shape index (κ2) is 3.88. The van der Waals surface area contributed by atoms with Gasteiger partial charge in [0.2, 0.25) is 10.0 Å². The number of sulfonamides is 1. The van der Waals surface area contributed by atoms with E-state index in [1.807, 2.05) is 19.0 Å². The molecule has 0 heterocycles. The lowest BCUT2D eigenvalue weighted by molar-refractivity contribution is 0.597. The van der Waals surface area contributed by atoms with E-state index in [4.69, 9.17) is 5.14 Å². The van der Waals surface area contributed by atoms with Gasteiger partial charge in [-0.2, -0.15) is 0 Å². The first-order valence-corrected chi connectivity index (χ1v) is 6.16. The Hall–Kier alpha value is -0.590. The van der Waals surface area contributed by atoms with Gasteiger partial charge in [0.25, 0.3) is 0 Å². The summed E-state index contributed by atoms with van der Waals surface area (Å²) in [6.45, 7) is 0. The predicted octanol–water partition coefficient (Wildman–Crippen LogP) is 1.16. The Bertz CT molecular complexity index is 443. The molecule has 0 fully saturated rings. The molecule has 0 saturated heterocycles. The van der Waals surface area contributed by atoms with Gasteiger partial charge in [0, 0.05) is 18.6 Å². The van der Waals surface area contributed by atoms with Gasteiger partial charge < -0.3 is 4.90 Å². The summed E-state index contributed by atoms with van der Waals surface area (Å²) in [5.74, 6) is 0. The number of anilines is 1. The molecule has 0 unspecified atom stereocenters. The van der Waals surface area contributed by atoms with E-state index in [2.05, 4.69) is 15.9 Å². The zero-order chi connectivity index (χ0) is 10.9. The Kier molecular flexibility index (Phi) is 3.18. The lowest BCUT2D eigenvalue weighted by Gasteiger charge is -2.14. The third kappa shape index (κ3) is 2.46. The SMILES string of the molecule is CN(C)c1ccc(S(N)(=O)=O)cc1Br. The van der Waals surface area contributed by atoms with Crippen LogP contribution < -0.4 is 10.0 Å². The van der Waals surface area contributed by atoms with E-state index in [9.17, 15) is 8.42 Å². The van der Waals surface area contributed by atoms with Crippen molar-refractivity contribution >= 4 is 31.6 Å². The Labute approximate surface area is 91.9 Å². The molecule has 1 rings (SSSR count). The molecule has 0 aliphatic carbocycles. The fraction of sp³-hybridized carbons (Fsp3) is 0.250. The molecule has 78 valence electrons. The summed E-state index contributed by atoms with van der Waals surface area (Å²) in [7, 11) is 0.127. The van der Waals surface area contributed by atoms with Crippen LogP contribution in [0.15, 0.2) is 27.6 Å². The summed E-state index contributed by atoms with van der Waals surface area (Å²) in [5.41, 5.74) is 0.900. The number of primary sulfonamides is 1. The Morgan fingerprint density at radius 3 is 2.29 bits per heavy atom. The van der Waals surface area contributed by atoms with Crippen LogP contribution in [0.25, 0.3) is 0 Å². The molecular formula is C8H11BrN2O2S. The monoisotopic (exact) mass is 278 g/mol. The Morgan fingerprint density at radius 1 is 1.36 bits per heavy atom. The van der Waals surface area contributed by atoms with Crippen LogP contribution in [0.4, 0.5) is 5.69 Å². The highest BCUT2D eigenvalue weighted by Crippen LogP contribution is 2.26. The maximum atomic E-state index is 11.0. The minimum Gasteiger partial charge on any atom is -0.377 e. The van der Waals surface area contributed by atoms with Crippen molar-refractivity contribution in [3.8, 4) is 0 Å². The van der Waals surface area contributed by atoms with Gasteiger partial charge in [-0.1, -0.05) is 0 Å². The summed E-state index contributed by atoms with van der Waals surface area (Å²) in [6, 6.07) is 4.67. The van der Waals surface area contributed by atoms with Gasteiger partial charge in [0.05, 0.1) is 10.6 Å². The molecular weight excluding hydrogens is 268 g/mol. The second-order valence-electron chi connectivity index (χ2n) is 3.05. The van der Waals surface area contributed by atoms with Crippen molar-refractivity contribution in [2.24, 2.45) is 5.14 Å². The normalized spacial score (nSPS) is 11.4. The van der Waals surface area contributed by atoms with E-state index < -0.39 is 10.0 Å². The molecule has 0 saturated carbocycles. The number of hydrogen-bond donors (Lipinski definition) is 1. The molecule has 6 heteroatoms. The van der Waals surface area contributed by atoms with Gasteiger partial charge in [-0.3, -0.25) is 0 Å².